The monoisotopic (exact) mass is 848 g/mol. The number of nitrogens with zero attached hydrogens (tertiary/aromatic N) is 6. The molecule has 2 aromatic heterocycles. The van der Waals surface area contributed by atoms with Gasteiger partial charge in [-0.1, -0.05) is 17.7 Å². The summed E-state index contributed by atoms with van der Waals surface area (Å²) in [4.78, 5) is 59.9. The zero-order chi connectivity index (χ0) is 42.2. The van der Waals surface area contributed by atoms with E-state index >= 15 is 0 Å². The number of fused-ring (bicyclic) bond motifs is 1. The molecule has 2 aromatic carbocycles. The molecule has 0 bridgehead atoms. The molecule has 1 spiro atoms. The number of alkyl halides is 3. The molecule has 0 atom stereocenters. The second-order valence-electron chi connectivity index (χ2n) is 16.6. The van der Waals surface area contributed by atoms with Crippen molar-refractivity contribution >= 4 is 57.6 Å². The summed E-state index contributed by atoms with van der Waals surface area (Å²) in [7, 11) is 1.46. The average Bonchev–Trinajstić information content (AvgIpc) is 3.66. The Hall–Kier alpha value is -5.22. The van der Waals surface area contributed by atoms with Crippen molar-refractivity contribution in [3.63, 3.8) is 0 Å². The molecule has 5 amide bonds. The number of benzene rings is 2. The molecule has 13 nitrogen and oxygen atoms in total. The van der Waals surface area contributed by atoms with Crippen molar-refractivity contribution in [1.82, 2.24) is 29.9 Å². The maximum Gasteiger partial charge on any atom is 0.433 e. The van der Waals surface area contributed by atoms with Crippen LogP contribution in [-0.4, -0.2) is 94.7 Å². The largest absolute Gasteiger partial charge is 0.494 e. The SMILES string of the molecule is COc1cc2nn([C@H]3CC[C@H](CCN4CCC5(CC4)CCN(C(=O)c4ccc(Cl)c(N6CCC(=O)NC6=O)c4)CC5)CC3)cc2cc1NC(=O)c1cccc(C(F)(F)F)n1. The lowest BCUT2D eigenvalue weighted by Gasteiger charge is -2.47. The van der Waals surface area contributed by atoms with Gasteiger partial charge in [0.25, 0.3) is 11.8 Å². The van der Waals surface area contributed by atoms with Crippen LogP contribution in [0.4, 0.5) is 29.3 Å². The van der Waals surface area contributed by atoms with Crippen LogP contribution in [0.2, 0.25) is 5.02 Å². The Kier molecular flexibility index (Phi) is 11.8. The quantitative estimate of drug-likeness (QED) is 0.173. The summed E-state index contributed by atoms with van der Waals surface area (Å²) in [6, 6.07) is 11.3. The van der Waals surface area contributed by atoms with Gasteiger partial charge in [0.15, 0.2) is 0 Å². The van der Waals surface area contributed by atoms with Crippen LogP contribution in [0.3, 0.4) is 0 Å². The molecule has 4 aromatic rings. The Morgan fingerprint density at radius 3 is 2.40 bits per heavy atom. The molecule has 4 aliphatic rings. The number of imide groups is 1. The Bertz CT molecular complexity index is 2280. The lowest BCUT2D eigenvalue weighted by Crippen LogP contribution is -2.50. The smallest absolute Gasteiger partial charge is 0.433 e. The highest BCUT2D eigenvalue weighted by molar-refractivity contribution is 6.34. The maximum absolute atomic E-state index is 13.6. The Morgan fingerprint density at radius 1 is 0.967 bits per heavy atom. The lowest BCUT2D eigenvalue weighted by atomic mass is 9.71. The zero-order valence-corrected chi connectivity index (χ0v) is 34.2. The van der Waals surface area contributed by atoms with E-state index in [4.69, 9.17) is 21.4 Å². The van der Waals surface area contributed by atoms with E-state index in [1.165, 1.54) is 18.1 Å². The zero-order valence-electron chi connectivity index (χ0n) is 33.4. The summed E-state index contributed by atoms with van der Waals surface area (Å²) < 4.78 is 47.0. The third kappa shape index (κ3) is 8.94. The number of anilines is 2. The molecular formula is C43H48ClF3N8O5. The van der Waals surface area contributed by atoms with Crippen LogP contribution in [-0.2, 0) is 11.0 Å². The van der Waals surface area contributed by atoms with Crippen molar-refractivity contribution in [1.29, 1.82) is 0 Å². The Labute approximate surface area is 350 Å². The second kappa shape index (κ2) is 17.0. The van der Waals surface area contributed by atoms with E-state index in [-0.39, 0.29) is 41.9 Å². The standard InChI is InChI=1S/C43H48ClF3N8O5/c1-60-36-25-33-29(23-34(36)49-39(57)32-3-2-4-37(48-32)43(45,46)47)26-55(51-33)30-8-5-27(6-9-30)11-17-52-19-13-42(14-20-52)15-21-53(22-16-42)40(58)28-7-10-31(44)35(24-28)54-18-12-38(56)50-41(54)59/h2-4,7,10,23-27,30H,5-6,8-9,11-22H2,1H3,(H,49,57)(H,50,56,59)/t27-,30-. The number of nitrogens with one attached hydrogen (secondary N) is 2. The number of aromatic nitrogens is 3. The lowest BCUT2D eigenvalue weighted by molar-refractivity contribution is -0.141. The Balaban J connectivity index is 0.786. The third-order valence-electron chi connectivity index (χ3n) is 13.0. The first-order valence-corrected chi connectivity index (χ1v) is 21.0. The average molecular weight is 849 g/mol. The number of halogens is 4. The predicted octanol–water partition coefficient (Wildman–Crippen LogP) is 7.95. The fraction of sp³-hybridized carbons (Fsp3) is 0.488. The van der Waals surface area contributed by atoms with Gasteiger partial charge in [0.1, 0.15) is 17.1 Å². The van der Waals surface area contributed by atoms with Crippen LogP contribution in [0.1, 0.15) is 96.8 Å². The number of hydrogen-bond donors (Lipinski definition) is 2. The van der Waals surface area contributed by atoms with Gasteiger partial charge in [0.2, 0.25) is 5.91 Å². The molecule has 5 heterocycles. The van der Waals surface area contributed by atoms with Crippen LogP contribution in [0.5, 0.6) is 5.75 Å². The highest BCUT2D eigenvalue weighted by Gasteiger charge is 2.39. The molecule has 8 rings (SSSR count). The van der Waals surface area contributed by atoms with Crippen LogP contribution in [0.15, 0.2) is 54.7 Å². The first-order valence-electron chi connectivity index (χ1n) is 20.6. The molecule has 3 saturated heterocycles. The van der Waals surface area contributed by atoms with Crippen LogP contribution >= 0.6 is 11.6 Å². The summed E-state index contributed by atoms with van der Waals surface area (Å²) in [5.74, 6) is -0.191. The predicted molar refractivity (Wildman–Crippen MR) is 219 cm³/mol. The van der Waals surface area contributed by atoms with Gasteiger partial charge in [0.05, 0.1) is 35.1 Å². The topological polar surface area (TPSA) is 142 Å². The second-order valence-corrected chi connectivity index (χ2v) is 17.0. The third-order valence-corrected chi connectivity index (χ3v) is 13.3. The van der Waals surface area contributed by atoms with E-state index < -0.39 is 23.8 Å². The molecule has 60 heavy (non-hydrogen) atoms. The van der Waals surface area contributed by atoms with E-state index in [2.05, 4.69) is 20.5 Å². The maximum atomic E-state index is 13.6. The molecule has 0 unspecified atom stereocenters. The van der Waals surface area contributed by atoms with Crippen molar-refractivity contribution in [2.45, 2.75) is 76.4 Å². The van der Waals surface area contributed by atoms with Gasteiger partial charge >= 0.3 is 12.2 Å². The number of methoxy groups -OCH3 is 1. The van der Waals surface area contributed by atoms with Crippen LogP contribution in [0, 0.1) is 11.3 Å². The van der Waals surface area contributed by atoms with Crippen molar-refractivity contribution in [3.8, 4) is 5.75 Å². The number of rotatable bonds is 9. The van der Waals surface area contributed by atoms with Gasteiger partial charge in [0, 0.05) is 49.3 Å². The number of carbonyl (C=O) groups excluding carboxylic acids is 4. The Morgan fingerprint density at radius 2 is 1.70 bits per heavy atom. The van der Waals surface area contributed by atoms with Gasteiger partial charge in [-0.05, 0) is 125 Å². The molecule has 1 aliphatic carbocycles. The summed E-state index contributed by atoms with van der Waals surface area (Å²) in [6.45, 7) is 4.79. The van der Waals surface area contributed by atoms with Gasteiger partial charge in [-0.3, -0.25) is 29.3 Å². The van der Waals surface area contributed by atoms with Crippen molar-refractivity contribution < 1.29 is 37.1 Å². The summed E-state index contributed by atoms with van der Waals surface area (Å²) in [6.07, 6.45) is 7.03. The number of piperidine rings is 2. The number of ether oxygens (including phenoxy) is 1. The first kappa shape index (κ1) is 41.5. The van der Waals surface area contributed by atoms with Crippen molar-refractivity contribution in [2.24, 2.45) is 11.3 Å². The fourth-order valence-electron chi connectivity index (χ4n) is 9.26. The van der Waals surface area contributed by atoms with Crippen LogP contribution in [0.25, 0.3) is 10.9 Å². The van der Waals surface area contributed by atoms with Crippen LogP contribution < -0.4 is 20.3 Å². The van der Waals surface area contributed by atoms with Gasteiger partial charge in [-0.25, -0.2) is 9.78 Å². The number of urea groups is 1. The number of carbonyl (C=O) groups is 4. The number of hydrogen-bond acceptors (Lipinski definition) is 8. The fourth-order valence-corrected chi connectivity index (χ4v) is 9.48. The minimum absolute atomic E-state index is 0.0721. The molecule has 0 radical (unpaired) electrons. The van der Waals surface area contributed by atoms with Gasteiger partial charge in [-0.15, -0.1) is 0 Å². The van der Waals surface area contributed by atoms with E-state index in [0.29, 0.717) is 52.2 Å². The molecular weight excluding hydrogens is 801 g/mol. The van der Waals surface area contributed by atoms with E-state index in [0.717, 1.165) is 94.9 Å². The van der Waals surface area contributed by atoms with Gasteiger partial charge in [-0.2, -0.15) is 18.3 Å². The summed E-state index contributed by atoms with van der Waals surface area (Å²) >= 11 is 6.41. The molecule has 4 fully saturated rings. The van der Waals surface area contributed by atoms with E-state index in [1.54, 1.807) is 30.3 Å². The highest BCUT2D eigenvalue weighted by Crippen LogP contribution is 2.43. The summed E-state index contributed by atoms with van der Waals surface area (Å²) in [5, 5.41) is 10.9. The molecule has 2 N–H and O–H groups in total. The minimum atomic E-state index is -4.67. The van der Waals surface area contributed by atoms with Crippen molar-refractivity contribution in [2.75, 3.05) is 56.6 Å². The number of likely N-dealkylation sites (tertiary alicyclic amines) is 2. The highest BCUT2D eigenvalue weighted by atomic mass is 35.5. The van der Waals surface area contributed by atoms with E-state index in [9.17, 15) is 32.3 Å². The molecule has 1 saturated carbocycles. The molecule has 17 heteroatoms. The number of amides is 5. The van der Waals surface area contributed by atoms with Crippen molar-refractivity contribution in [3.05, 3.63) is 76.7 Å². The molecule has 318 valence electrons. The minimum Gasteiger partial charge on any atom is -0.494 e. The first-order chi connectivity index (χ1) is 28.8. The molecule has 3 aliphatic heterocycles. The normalized spacial score (nSPS) is 21.3. The summed E-state index contributed by atoms with van der Waals surface area (Å²) in [5.41, 5.74) is 0.682. The van der Waals surface area contributed by atoms with E-state index in [1.807, 2.05) is 15.8 Å². The van der Waals surface area contributed by atoms with Gasteiger partial charge < -0.3 is 19.9 Å². The number of pyridine rings is 1.